The SMILES string of the molecule is Cc1nc(-c2ccccc2)cc(-n2c3ccccc3c3c4oc5ccccc5c4ccc32)n1. The zero-order valence-corrected chi connectivity index (χ0v) is 18.0. The number of hydrogen-bond acceptors (Lipinski definition) is 3. The van der Waals surface area contributed by atoms with Gasteiger partial charge in [-0.15, -0.1) is 0 Å². The Morgan fingerprint density at radius 3 is 2.30 bits per heavy atom. The van der Waals surface area contributed by atoms with Gasteiger partial charge in [-0.1, -0.05) is 66.7 Å². The Morgan fingerprint density at radius 2 is 1.42 bits per heavy atom. The second kappa shape index (κ2) is 6.78. The summed E-state index contributed by atoms with van der Waals surface area (Å²) in [4.78, 5) is 9.56. The van der Waals surface area contributed by atoms with Crippen LogP contribution >= 0.6 is 0 Å². The number of nitrogens with zero attached hydrogens (tertiary/aromatic N) is 3. The quantitative estimate of drug-likeness (QED) is 0.289. The summed E-state index contributed by atoms with van der Waals surface area (Å²) in [7, 11) is 0. The maximum Gasteiger partial charge on any atom is 0.145 e. The fourth-order valence-electron chi connectivity index (χ4n) is 4.91. The van der Waals surface area contributed by atoms with E-state index in [-0.39, 0.29) is 0 Å². The van der Waals surface area contributed by atoms with E-state index in [1.807, 2.05) is 37.3 Å². The zero-order chi connectivity index (χ0) is 21.9. The van der Waals surface area contributed by atoms with Crippen LogP contribution in [0.15, 0.2) is 101 Å². The summed E-state index contributed by atoms with van der Waals surface area (Å²) in [5.41, 5.74) is 5.97. The molecule has 0 atom stereocenters. The molecule has 156 valence electrons. The van der Waals surface area contributed by atoms with Crippen molar-refractivity contribution in [1.82, 2.24) is 14.5 Å². The van der Waals surface area contributed by atoms with Crippen molar-refractivity contribution >= 4 is 43.7 Å². The predicted molar refractivity (Wildman–Crippen MR) is 134 cm³/mol. The first-order valence-corrected chi connectivity index (χ1v) is 11.0. The van der Waals surface area contributed by atoms with Crippen LogP contribution in [0.5, 0.6) is 0 Å². The smallest absolute Gasteiger partial charge is 0.145 e. The Morgan fingerprint density at radius 1 is 0.667 bits per heavy atom. The number of furan rings is 1. The van der Waals surface area contributed by atoms with Gasteiger partial charge < -0.3 is 4.42 Å². The van der Waals surface area contributed by atoms with Crippen molar-refractivity contribution in [2.24, 2.45) is 0 Å². The van der Waals surface area contributed by atoms with Gasteiger partial charge in [0, 0.05) is 27.8 Å². The van der Waals surface area contributed by atoms with Crippen molar-refractivity contribution in [3.05, 3.63) is 103 Å². The molecule has 3 heterocycles. The van der Waals surface area contributed by atoms with Crippen molar-refractivity contribution in [1.29, 1.82) is 0 Å². The van der Waals surface area contributed by atoms with Gasteiger partial charge in [0.2, 0.25) is 0 Å². The molecule has 0 N–H and O–H groups in total. The van der Waals surface area contributed by atoms with E-state index in [9.17, 15) is 0 Å². The van der Waals surface area contributed by atoms with Gasteiger partial charge in [-0.05, 0) is 31.2 Å². The largest absolute Gasteiger partial charge is 0.455 e. The topological polar surface area (TPSA) is 43.9 Å². The Hall–Kier alpha value is -4.44. The minimum Gasteiger partial charge on any atom is -0.455 e. The maximum atomic E-state index is 6.39. The normalized spacial score (nSPS) is 11.8. The van der Waals surface area contributed by atoms with Gasteiger partial charge in [-0.25, -0.2) is 9.97 Å². The van der Waals surface area contributed by atoms with Crippen LogP contribution in [-0.4, -0.2) is 14.5 Å². The highest BCUT2D eigenvalue weighted by molar-refractivity contribution is 6.23. The van der Waals surface area contributed by atoms with E-state index in [4.69, 9.17) is 14.4 Å². The van der Waals surface area contributed by atoms with E-state index in [0.29, 0.717) is 0 Å². The molecular formula is C29H19N3O. The molecular weight excluding hydrogens is 406 g/mol. The molecule has 0 aliphatic heterocycles. The summed E-state index contributed by atoms with van der Waals surface area (Å²) in [6.45, 7) is 1.95. The minimum absolute atomic E-state index is 0.738. The third-order valence-electron chi connectivity index (χ3n) is 6.30. The molecule has 0 aliphatic rings. The molecule has 4 aromatic carbocycles. The molecule has 0 saturated heterocycles. The van der Waals surface area contributed by atoms with Gasteiger partial charge in [0.25, 0.3) is 0 Å². The molecule has 7 rings (SSSR count). The van der Waals surface area contributed by atoms with Crippen molar-refractivity contribution in [2.45, 2.75) is 6.92 Å². The van der Waals surface area contributed by atoms with E-state index < -0.39 is 0 Å². The predicted octanol–water partition coefficient (Wildman–Crippen LogP) is 7.45. The third kappa shape index (κ3) is 2.64. The molecule has 0 radical (unpaired) electrons. The van der Waals surface area contributed by atoms with Crippen LogP contribution in [0.25, 0.3) is 60.8 Å². The lowest BCUT2D eigenvalue weighted by atomic mass is 10.1. The number of benzene rings is 4. The van der Waals surface area contributed by atoms with Crippen LogP contribution in [0.1, 0.15) is 5.82 Å². The summed E-state index contributed by atoms with van der Waals surface area (Å²) in [5, 5.41) is 4.52. The summed E-state index contributed by atoms with van der Waals surface area (Å²) in [6, 6.07) is 33.3. The highest BCUT2D eigenvalue weighted by atomic mass is 16.3. The first-order chi connectivity index (χ1) is 16.3. The fourth-order valence-corrected chi connectivity index (χ4v) is 4.91. The van der Waals surface area contributed by atoms with E-state index in [1.54, 1.807) is 0 Å². The molecule has 3 aromatic heterocycles. The van der Waals surface area contributed by atoms with Crippen LogP contribution in [0, 0.1) is 6.92 Å². The number of aryl methyl sites for hydroxylation is 1. The standard InChI is InChI=1S/C29H19N3O/c1-18-30-23(19-9-3-2-4-10-19)17-27(31-18)32-24-13-7-5-12-22(24)28-25(32)16-15-21-20-11-6-8-14-26(20)33-29(21)28/h2-17H,1H3. The van der Waals surface area contributed by atoms with Crippen LogP contribution in [0.2, 0.25) is 0 Å². The van der Waals surface area contributed by atoms with Crippen LogP contribution in [0.4, 0.5) is 0 Å². The van der Waals surface area contributed by atoms with Gasteiger partial charge in [0.15, 0.2) is 0 Å². The van der Waals surface area contributed by atoms with Gasteiger partial charge in [-0.3, -0.25) is 4.57 Å². The molecule has 4 nitrogen and oxygen atoms in total. The lowest BCUT2D eigenvalue weighted by molar-refractivity contribution is 0.673. The summed E-state index contributed by atoms with van der Waals surface area (Å²) in [5.74, 6) is 1.59. The third-order valence-corrected chi connectivity index (χ3v) is 6.30. The Bertz CT molecular complexity index is 1830. The van der Waals surface area contributed by atoms with Crippen molar-refractivity contribution < 1.29 is 4.42 Å². The second-order valence-electron chi connectivity index (χ2n) is 8.31. The number of fused-ring (bicyclic) bond motifs is 7. The van der Waals surface area contributed by atoms with Crippen LogP contribution in [0.3, 0.4) is 0 Å². The van der Waals surface area contributed by atoms with Gasteiger partial charge in [0.1, 0.15) is 22.8 Å². The van der Waals surface area contributed by atoms with Gasteiger partial charge in [-0.2, -0.15) is 0 Å². The number of rotatable bonds is 2. The Labute approximate surface area is 189 Å². The first-order valence-electron chi connectivity index (χ1n) is 11.0. The number of aromatic nitrogens is 3. The first kappa shape index (κ1) is 18.2. The summed E-state index contributed by atoms with van der Waals surface area (Å²) in [6.07, 6.45) is 0. The lowest BCUT2D eigenvalue weighted by Crippen LogP contribution is -2.02. The molecule has 0 unspecified atom stereocenters. The lowest BCUT2D eigenvalue weighted by Gasteiger charge is -2.10. The molecule has 0 amide bonds. The molecule has 0 bridgehead atoms. The highest BCUT2D eigenvalue weighted by Crippen LogP contribution is 2.40. The van der Waals surface area contributed by atoms with E-state index in [1.165, 1.54) is 0 Å². The molecule has 4 heteroatoms. The van der Waals surface area contributed by atoms with Gasteiger partial charge in [0.05, 0.1) is 22.1 Å². The number of hydrogen-bond donors (Lipinski definition) is 0. The molecule has 33 heavy (non-hydrogen) atoms. The molecule has 0 aliphatic carbocycles. The molecule has 0 spiro atoms. The van der Waals surface area contributed by atoms with Gasteiger partial charge >= 0.3 is 0 Å². The molecule has 7 aromatic rings. The summed E-state index contributed by atoms with van der Waals surface area (Å²) < 4.78 is 8.61. The highest BCUT2D eigenvalue weighted by Gasteiger charge is 2.19. The Balaban J connectivity index is 1.61. The van der Waals surface area contributed by atoms with Crippen molar-refractivity contribution in [3.63, 3.8) is 0 Å². The van der Waals surface area contributed by atoms with Crippen molar-refractivity contribution in [3.8, 4) is 17.1 Å². The average Bonchev–Trinajstić information content (AvgIpc) is 3.40. The average molecular weight is 425 g/mol. The summed E-state index contributed by atoms with van der Waals surface area (Å²) >= 11 is 0. The monoisotopic (exact) mass is 425 g/mol. The maximum absolute atomic E-state index is 6.39. The minimum atomic E-state index is 0.738. The van der Waals surface area contributed by atoms with Crippen molar-refractivity contribution in [2.75, 3.05) is 0 Å². The number of para-hydroxylation sites is 2. The fraction of sp³-hybridized carbons (Fsp3) is 0.0345. The van der Waals surface area contributed by atoms with E-state index in [0.717, 1.165) is 66.6 Å². The zero-order valence-electron chi connectivity index (χ0n) is 18.0. The van der Waals surface area contributed by atoms with Crippen LogP contribution in [-0.2, 0) is 0 Å². The Kier molecular flexibility index (Phi) is 3.73. The van der Waals surface area contributed by atoms with Crippen LogP contribution < -0.4 is 0 Å². The van der Waals surface area contributed by atoms with E-state index in [2.05, 4.69) is 71.3 Å². The molecule has 0 saturated carbocycles. The second-order valence-corrected chi connectivity index (χ2v) is 8.31. The molecule has 0 fully saturated rings. The van der Waals surface area contributed by atoms with E-state index >= 15 is 0 Å².